The monoisotopic (exact) mass is 261 g/mol. The van der Waals surface area contributed by atoms with Crippen LogP contribution in [0.5, 0.6) is 0 Å². The third-order valence-electron chi connectivity index (χ3n) is 2.33. The zero-order valence-electron chi connectivity index (χ0n) is 10.6. The highest BCUT2D eigenvalue weighted by Gasteiger charge is 2.13. The van der Waals surface area contributed by atoms with E-state index in [-0.39, 0.29) is 5.92 Å². The van der Waals surface area contributed by atoms with Crippen LogP contribution in [0.3, 0.4) is 0 Å². The van der Waals surface area contributed by atoms with E-state index in [1.54, 1.807) is 17.1 Å². The largest absolute Gasteiger partial charge is 0.255 e. The molecule has 0 fully saturated rings. The van der Waals surface area contributed by atoms with Crippen LogP contribution >= 0.6 is 11.8 Å². The minimum Gasteiger partial charge on any atom is -0.255 e. The average molecular weight is 261 g/mol. The Morgan fingerprint density at radius 1 is 1.33 bits per heavy atom. The van der Waals surface area contributed by atoms with Crippen molar-refractivity contribution in [1.82, 2.24) is 19.9 Å². The summed E-state index contributed by atoms with van der Waals surface area (Å²) in [6, 6.07) is 5.71. The van der Waals surface area contributed by atoms with Crippen LogP contribution in [0.2, 0.25) is 0 Å². The first kappa shape index (κ1) is 12.8. The van der Waals surface area contributed by atoms with Crippen LogP contribution in [0.25, 0.3) is 0 Å². The van der Waals surface area contributed by atoms with Gasteiger partial charge in [0.2, 0.25) is 5.16 Å². The highest BCUT2D eigenvalue weighted by atomic mass is 32.2. The lowest BCUT2D eigenvalue weighted by Gasteiger charge is -2.04. The van der Waals surface area contributed by atoms with Crippen LogP contribution in [0.4, 0.5) is 0 Å². The lowest BCUT2D eigenvalue weighted by Crippen LogP contribution is -2.02. The van der Waals surface area contributed by atoms with Gasteiger partial charge in [-0.05, 0) is 18.4 Å². The van der Waals surface area contributed by atoms with Gasteiger partial charge in [0.1, 0.15) is 0 Å². The SMILES string of the molecule is CSc1nnc(C(C)C)n1/N=C\c1ccccn1. The summed E-state index contributed by atoms with van der Waals surface area (Å²) >= 11 is 1.52. The molecule has 18 heavy (non-hydrogen) atoms. The van der Waals surface area contributed by atoms with E-state index < -0.39 is 0 Å². The van der Waals surface area contributed by atoms with Gasteiger partial charge in [-0.25, -0.2) is 0 Å². The van der Waals surface area contributed by atoms with Crippen molar-refractivity contribution in [2.75, 3.05) is 6.26 Å². The maximum absolute atomic E-state index is 4.41. The van der Waals surface area contributed by atoms with Crippen LogP contribution in [-0.4, -0.2) is 32.3 Å². The lowest BCUT2D eigenvalue weighted by atomic mass is 10.2. The standard InChI is InChI=1S/C12H15N5S/c1-9(2)11-15-16-12(18-3)17(11)14-8-10-6-4-5-7-13-10/h4-9H,1-3H3/b14-8-. The van der Waals surface area contributed by atoms with Crippen LogP contribution in [0, 0.1) is 0 Å². The maximum Gasteiger partial charge on any atom is 0.211 e. The van der Waals surface area contributed by atoms with Gasteiger partial charge in [0.05, 0.1) is 11.9 Å². The zero-order chi connectivity index (χ0) is 13.0. The van der Waals surface area contributed by atoms with Gasteiger partial charge in [-0.1, -0.05) is 31.7 Å². The van der Waals surface area contributed by atoms with E-state index >= 15 is 0 Å². The molecule has 2 rings (SSSR count). The molecule has 0 spiro atoms. The molecule has 0 aliphatic heterocycles. The highest BCUT2D eigenvalue weighted by molar-refractivity contribution is 7.98. The lowest BCUT2D eigenvalue weighted by molar-refractivity contribution is 0.667. The Bertz CT molecular complexity index is 533. The third kappa shape index (κ3) is 2.76. The van der Waals surface area contributed by atoms with E-state index in [1.807, 2.05) is 24.5 Å². The molecular weight excluding hydrogens is 246 g/mol. The Hall–Kier alpha value is -1.69. The van der Waals surface area contributed by atoms with Gasteiger partial charge in [0.25, 0.3) is 0 Å². The van der Waals surface area contributed by atoms with Gasteiger partial charge in [0.15, 0.2) is 5.82 Å². The second-order valence-corrected chi connectivity index (χ2v) is 4.78. The molecule has 0 saturated heterocycles. The molecule has 0 amide bonds. The fourth-order valence-corrected chi connectivity index (χ4v) is 1.88. The average Bonchev–Trinajstić information content (AvgIpc) is 2.80. The van der Waals surface area contributed by atoms with E-state index in [2.05, 4.69) is 34.1 Å². The predicted octanol–water partition coefficient (Wildman–Crippen LogP) is 2.40. The van der Waals surface area contributed by atoms with Crippen molar-refractivity contribution in [2.45, 2.75) is 24.9 Å². The molecule has 6 heteroatoms. The second kappa shape index (κ2) is 5.77. The van der Waals surface area contributed by atoms with E-state index in [4.69, 9.17) is 0 Å². The van der Waals surface area contributed by atoms with Gasteiger partial charge >= 0.3 is 0 Å². The first-order valence-electron chi connectivity index (χ1n) is 5.67. The fraction of sp³-hybridized carbons (Fsp3) is 0.333. The van der Waals surface area contributed by atoms with Crippen LogP contribution < -0.4 is 0 Å². The molecule has 2 aromatic heterocycles. The second-order valence-electron chi connectivity index (χ2n) is 4.01. The number of aromatic nitrogens is 4. The van der Waals surface area contributed by atoms with Crippen LogP contribution in [0.15, 0.2) is 34.7 Å². The summed E-state index contributed by atoms with van der Waals surface area (Å²) in [6.45, 7) is 4.14. The summed E-state index contributed by atoms with van der Waals surface area (Å²) in [5.41, 5.74) is 0.813. The van der Waals surface area contributed by atoms with Crippen molar-refractivity contribution < 1.29 is 0 Å². The van der Waals surface area contributed by atoms with Gasteiger partial charge in [-0.3, -0.25) is 4.98 Å². The molecule has 0 aliphatic rings. The van der Waals surface area contributed by atoms with Crippen LogP contribution in [-0.2, 0) is 0 Å². The Morgan fingerprint density at radius 2 is 2.17 bits per heavy atom. The van der Waals surface area contributed by atoms with E-state index in [1.165, 1.54) is 11.8 Å². The third-order valence-corrected chi connectivity index (χ3v) is 2.95. The molecule has 0 radical (unpaired) electrons. The van der Waals surface area contributed by atoms with Crippen molar-refractivity contribution in [3.05, 3.63) is 35.9 Å². The smallest absolute Gasteiger partial charge is 0.211 e. The molecule has 94 valence electrons. The van der Waals surface area contributed by atoms with Crippen molar-refractivity contribution in [1.29, 1.82) is 0 Å². The van der Waals surface area contributed by atoms with E-state index in [0.29, 0.717) is 0 Å². The summed E-state index contributed by atoms with van der Waals surface area (Å²) in [5.74, 6) is 1.13. The molecule has 5 nitrogen and oxygen atoms in total. The number of pyridine rings is 1. The number of rotatable bonds is 4. The first-order chi connectivity index (χ1) is 8.72. The molecule has 0 unspecified atom stereocenters. The summed E-state index contributed by atoms with van der Waals surface area (Å²) < 4.78 is 1.77. The molecule has 0 N–H and O–H groups in total. The van der Waals surface area contributed by atoms with Crippen molar-refractivity contribution >= 4 is 18.0 Å². The summed E-state index contributed by atoms with van der Waals surface area (Å²) in [5, 5.41) is 13.5. The molecule has 0 aliphatic carbocycles. The predicted molar refractivity (Wildman–Crippen MR) is 73.1 cm³/mol. The number of hydrogen-bond donors (Lipinski definition) is 0. The summed E-state index contributed by atoms with van der Waals surface area (Å²) in [6.07, 6.45) is 5.42. The summed E-state index contributed by atoms with van der Waals surface area (Å²) in [4.78, 5) is 4.20. The number of thioether (sulfide) groups is 1. The normalized spacial score (nSPS) is 11.6. The molecule has 2 aromatic rings. The molecule has 0 aromatic carbocycles. The van der Waals surface area contributed by atoms with Gasteiger partial charge in [0, 0.05) is 12.1 Å². The first-order valence-corrected chi connectivity index (χ1v) is 6.89. The summed E-state index contributed by atoms with van der Waals surface area (Å²) in [7, 11) is 0. The molecular formula is C12H15N5S. The topological polar surface area (TPSA) is 56.0 Å². The molecule has 2 heterocycles. The fourth-order valence-electron chi connectivity index (χ4n) is 1.44. The Balaban J connectivity index is 2.33. The van der Waals surface area contributed by atoms with E-state index in [9.17, 15) is 0 Å². The number of hydrogen-bond acceptors (Lipinski definition) is 5. The molecule has 0 bridgehead atoms. The van der Waals surface area contributed by atoms with Crippen LogP contribution in [0.1, 0.15) is 31.3 Å². The highest BCUT2D eigenvalue weighted by Crippen LogP contribution is 2.18. The maximum atomic E-state index is 4.41. The van der Waals surface area contributed by atoms with Crippen molar-refractivity contribution in [3.8, 4) is 0 Å². The Kier molecular flexibility index (Phi) is 4.09. The Morgan fingerprint density at radius 3 is 2.78 bits per heavy atom. The van der Waals surface area contributed by atoms with Gasteiger partial charge in [-0.2, -0.15) is 9.78 Å². The van der Waals surface area contributed by atoms with Gasteiger partial charge < -0.3 is 0 Å². The zero-order valence-corrected chi connectivity index (χ0v) is 11.4. The minimum absolute atomic E-state index is 0.277. The van der Waals surface area contributed by atoms with Crippen molar-refractivity contribution in [2.24, 2.45) is 5.10 Å². The van der Waals surface area contributed by atoms with Gasteiger partial charge in [-0.15, -0.1) is 10.2 Å². The van der Waals surface area contributed by atoms with E-state index in [0.717, 1.165) is 16.7 Å². The number of nitrogens with zero attached hydrogens (tertiary/aromatic N) is 5. The molecule has 0 saturated carbocycles. The van der Waals surface area contributed by atoms with Crippen molar-refractivity contribution in [3.63, 3.8) is 0 Å². The molecule has 0 atom stereocenters. The minimum atomic E-state index is 0.277. The quantitative estimate of drug-likeness (QED) is 0.626. The Labute approximate surface area is 110 Å².